The molecule has 2 aromatic heterocycles. The number of carbonyl (C=O) groups is 1. The van der Waals surface area contributed by atoms with Crippen LogP contribution in [0.15, 0.2) is 36.4 Å². The Morgan fingerprint density at radius 2 is 2.00 bits per heavy atom. The Balaban J connectivity index is 1.78. The van der Waals surface area contributed by atoms with E-state index in [0.717, 1.165) is 16.9 Å². The van der Waals surface area contributed by atoms with E-state index in [1.54, 1.807) is 0 Å². The smallest absolute Gasteiger partial charge is 0.272 e. The number of amides is 1. The highest BCUT2D eigenvalue weighted by atomic mass is 32.1. The van der Waals surface area contributed by atoms with Crippen molar-refractivity contribution < 1.29 is 18.7 Å². The van der Waals surface area contributed by atoms with E-state index in [1.165, 1.54) is 19.2 Å². The van der Waals surface area contributed by atoms with Crippen LogP contribution in [0.1, 0.15) is 35.0 Å². The number of halogens is 1. The normalized spacial score (nSPS) is 11.1. The van der Waals surface area contributed by atoms with Gasteiger partial charge in [0, 0.05) is 10.1 Å². The second-order valence-electron chi connectivity index (χ2n) is 6.76. The second-order valence-corrected chi connectivity index (χ2v) is 7.81. The molecule has 154 valence electrons. The first kappa shape index (κ1) is 19.8. The maximum Gasteiger partial charge on any atom is 0.272 e. The van der Waals surface area contributed by atoms with Crippen molar-refractivity contribution in [3.63, 3.8) is 0 Å². The summed E-state index contributed by atoms with van der Waals surface area (Å²) in [4.78, 5) is 13.1. The third-order valence-electron chi connectivity index (χ3n) is 4.46. The molecular weight excluding hydrogens is 409 g/mol. The van der Waals surface area contributed by atoms with E-state index in [-0.39, 0.29) is 16.6 Å². The van der Waals surface area contributed by atoms with Gasteiger partial charge in [-0.3, -0.25) is 10.1 Å². The molecule has 0 saturated heterocycles. The first-order chi connectivity index (χ1) is 14.5. The first-order valence-corrected chi connectivity index (χ1v) is 9.90. The van der Waals surface area contributed by atoms with Crippen molar-refractivity contribution in [2.45, 2.75) is 19.8 Å². The van der Waals surface area contributed by atoms with Crippen molar-refractivity contribution >= 4 is 33.3 Å². The average Bonchev–Trinajstić information content (AvgIpc) is 3.35. The highest BCUT2D eigenvalue weighted by Gasteiger charge is 2.23. The molecule has 0 aliphatic heterocycles. The van der Waals surface area contributed by atoms with Crippen LogP contribution < -0.4 is 14.8 Å². The average molecular weight is 427 g/mol. The monoisotopic (exact) mass is 427 g/mol. The molecule has 4 rings (SSSR count). The third kappa shape index (κ3) is 3.81. The zero-order valence-electron chi connectivity index (χ0n) is 16.4. The summed E-state index contributed by atoms with van der Waals surface area (Å²) in [6.07, 6.45) is 0. The van der Waals surface area contributed by atoms with E-state index in [0.29, 0.717) is 27.5 Å². The lowest BCUT2D eigenvalue weighted by molar-refractivity contribution is 0.102. The van der Waals surface area contributed by atoms with Gasteiger partial charge in [0.1, 0.15) is 10.6 Å². The Hall–Kier alpha value is -3.53. The molecule has 0 unspecified atom stereocenters. The predicted octanol–water partition coefficient (Wildman–Crippen LogP) is 4.73. The van der Waals surface area contributed by atoms with Crippen molar-refractivity contribution in [1.29, 1.82) is 0 Å². The van der Waals surface area contributed by atoms with Gasteiger partial charge < -0.3 is 9.47 Å². The van der Waals surface area contributed by atoms with E-state index in [9.17, 15) is 9.18 Å². The number of carbonyl (C=O) groups excluding carboxylic acids is 1. The zero-order chi connectivity index (χ0) is 21.3. The summed E-state index contributed by atoms with van der Waals surface area (Å²) in [6.45, 7) is 4.20. The van der Waals surface area contributed by atoms with E-state index < -0.39 is 11.7 Å². The van der Waals surface area contributed by atoms with Gasteiger partial charge in [0.2, 0.25) is 0 Å². The largest absolute Gasteiger partial charge is 0.494 e. The molecule has 30 heavy (non-hydrogen) atoms. The molecule has 0 radical (unpaired) electrons. The number of anilines is 1. The molecule has 0 aliphatic rings. The summed E-state index contributed by atoms with van der Waals surface area (Å²) in [6, 6.07) is 10.4. The first-order valence-electron chi connectivity index (χ1n) is 9.09. The van der Waals surface area contributed by atoms with Crippen LogP contribution in [0.5, 0.6) is 17.2 Å². The van der Waals surface area contributed by atoms with Crippen molar-refractivity contribution in [1.82, 2.24) is 20.6 Å². The van der Waals surface area contributed by atoms with E-state index in [4.69, 9.17) is 9.47 Å². The molecule has 0 aliphatic carbocycles. The minimum atomic E-state index is -0.524. The van der Waals surface area contributed by atoms with Gasteiger partial charge in [-0.1, -0.05) is 31.1 Å². The molecule has 0 saturated carbocycles. The van der Waals surface area contributed by atoms with Crippen LogP contribution >= 0.6 is 11.3 Å². The Morgan fingerprint density at radius 3 is 2.63 bits per heavy atom. The van der Waals surface area contributed by atoms with E-state index in [2.05, 4.69) is 39.8 Å². The predicted molar refractivity (Wildman–Crippen MR) is 111 cm³/mol. The number of rotatable bonds is 6. The van der Waals surface area contributed by atoms with Crippen molar-refractivity contribution in [2.24, 2.45) is 0 Å². The molecule has 4 aromatic rings. The number of methoxy groups -OCH3 is 1. The number of fused-ring (bicyclic) bond motifs is 1. The van der Waals surface area contributed by atoms with E-state index >= 15 is 0 Å². The van der Waals surface area contributed by atoms with Gasteiger partial charge >= 0.3 is 0 Å². The fourth-order valence-corrected chi connectivity index (χ4v) is 3.93. The van der Waals surface area contributed by atoms with E-state index in [1.807, 2.05) is 24.3 Å². The van der Waals surface area contributed by atoms with Crippen molar-refractivity contribution in [2.75, 3.05) is 12.4 Å². The third-order valence-corrected chi connectivity index (χ3v) is 5.59. The van der Waals surface area contributed by atoms with Crippen LogP contribution in [-0.4, -0.2) is 33.6 Å². The number of nitrogens with zero attached hydrogens (tertiary/aromatic N) is 3. The Morgan fingerprint density at radius 1 is 1.23 bits per heavy atom. The molecule has 8 nitrogen and oxygen atoms in total. The summed E-state index contributed by atoms with van der Waals surface area (Å²) >= 11 is 1.10. The maximum absolute atomic E-state index is 14.2. The summed E-state index contributed by atoms with van der Waals surface area (Å²) < 4.78 is 25.9. The lowest BCUT2D eigenvalue weighted by atomic mass is 10.0. The molecule has 2 aromatic carbocycles. The second kappa shape index (κ2) is 8.07. The maximum atomic E-state index is 14.2. The molecular formula is C20H18FN5O3S. The van der Waals surface area contributed by atoms with Gasteiger partial charge in [0.15, 0.2) is 17.3 Å². The number of benzene rings is 2. The number of thiophene rings is 1. The van der Waals surface area contributed by atoms with Crippen molar-refractivity contribution in [3.05, 3.63) is 52.7 Å². The Bertz CT molecular complexity index is 1190. The van der Waals surface area contributed by atoms with Gasteiger partial charge in [0.25, 0.3) is 11.9 Å². The molecule has 2 heterocycles. The number of aromatic nitrogens is 4. The van der Waals surface area contributed by atoms with Gasteiger partial charge in [-0.05, 0) is 41.0 Å². The number of ether oxygens (including phenoxy) is 2. The standard InChI is InChI=1S/C20H18FN5O3S/c1-10(2)11-4-6-12(7-5-11)29-17-13-8-15(28-3)14(21)9-16(13)30-18(17)19(27)22-20-23-25-26-24-20/h4-10H,1-3H3,(H2,22,23,24,25,26,27). The summed E-state index contributed by atoms with van der Waals surface area (Å²) in [7, 11) is 1.38. The Kier molecular flexibility index (Phi) is 5.32. The SMILES string of the molecule is COc1cc2c(Oc3ccc(C(C)C)cc3)c(C(=O)Nc3nn[nH]n3)sc2cc1F. The van der Waals surface area contributed by atoms with Gasteiger partial charge in [-0.15, -0.1) is 16.4 Å². The topological polar surface area (TPSA) is 102 Å². The number of aromatic amines is 1. The van der Waals surface area contributed by atoms with Crippen LogP contribution in [-0.2, 0) is 0 Å². The van der Waals surface area contributed by atoms with Crippen LogP contribution in [0.2, 0.25) is 0 Å². The van der Waals surface area contributed by atoms with Crippen LogP contribution in [0.25, 0.3) is 10.1 Å². The summed E-state index contributed by atoms with van der Waals surface area (Å²) in [5, 5.41) is 16.2. The number of hydrogen-bond donors (Lipinski definition) is 2. The van der Waals surface area contributed by atoms with Gasteiger partial charge in [-0.2, -0.15) is 5.21 Å². The molecule has 10 heteroatoms. The quantitative estimate of drug-likeness (QED) is 0.461. The van der Waals surface area contributed by atoms with Gasteiger partial charge in [0.05, 0.1) is 7.11 Å². The fourth-order valence-electron chi connectivity index (χ4n) is 2.89. The van der Waals surface area contributed by atoms with Crippen LogP contribution in [0, 0.1) is 5.82 Å². The Labute approximate surface area is 175 Å². The number of tetrazole rings is 1. The minimum absolute atomic E-state index is 0.0217. The number of hydrogen-bond acceptors (Lipinski definition) is 7. The highest BCUT2D eigenvalue weighted by molar-refractivity contribution is 7.21. The molecule has 2 N–H and O–H groups in total. The molecule has 0 atom stereocenters. The van der Waals surface area contributed by atoms with Crippen LogP contribution in [0.3, 0.4) is 0 Å². The molecule has 0 bridgehead atoms. The zero-order valence-corrected chi connectivity index (χ0v) is 17.2. The molecule has 1 amide bonds. The lowest BCUT2D eigenvalue weighted by Crippen LogP contribution is -2.12. The summed E-state index contributed by atoms with van der Waals surface area (Å²) in [5.74, 6) is 0.293. The fraction of sp³-hybridized carbons (Fsp3) is 0.200. The highest BCUT2D eigenvalue weighted by Crippen LogP contribution is 2.43. The minimum Gasteiger partial charge on any atom is -0.494 e. The number of nitrogens with one attached hydrogen (secondary N) is 2. The number of H-pyrrole nitrogens is 1. The van der Waals surface area contributed by atoms with Crippen molar-refractivity contribution in [3.8, 4) is 17.2 Å². The van der Waals surface area contributed by atoms with Gasteiger partial charge in [-0.25, -0.2) is 4.39 Å². The lowest BCUT2D eigenvalue weighted by Gasteiger charge is -2.10. The van der Waals surface area contributed by atoms with Crippen LogP contribution in [0.4, 0.5) is 10.3 Å². The molecule has 0 fully saturated rings. The summed E-state index contributed by atoms with van der Waals surface area (Å²) in [5.41, 5.74) is 1.16. The molecule has 0 spiro atoms.